The van der Waals surface area contributed by atoms with Crippen LogP contribution in [0.3, 0.4) is 0 Å². The molecule has 3 heterocycles. The van der Waals surface area contributed by atoms with Crippen LogP contribution in [0, 0.1) is 17.2 Å². The Morgan fingerprint density at radius 1 is 1.18 bits per heavy atom. The monoisotopic (exact) mass is 467 g/mol. The van der Waals surface area contributed by atoms with Crippen LogP contribution >= 0.6 is 12.4 Å². The molecule has 2 N–H and O–H groups in total. The van der Waals surface area contributed by atoms with Crippen LogP contribution in [0.15, 0.2) is 36.7 Å². The summed E-state index contributed by atoms with van der Waals surface area (Å²) in [5, 5.41) is 19.3. The maximum atomic E-state index is 8.83. The second kappa shape index (κ2) is 11.1. The van der Waals surface area contributed by atoms with Crippen LogP contribution in [0.4, 0.5) is 11.6 Å². The van der Waals surface area contributed by atoms with Crippen molar-refractivity contribution in [3.63, 3.8) is 0 Å². The molecule has 0 amide bonds. The number of likely N-dealkylation sites (tertiary alicyclic amines) is 1. The Morgan fingerprint density at radius 3 is 2.61 bits per heavy atom. The highest BCUT2D eigenvalue weighted by Gasteiger charge is 2.21. The summed E-state index contributed by atoms with van der Waals surface area (Å²) in [5.74, 6) is 2.68. The zero-order valence-electron chi connectivity index (χ0n) is 19.2. The number of benzene rings is 1. The molecule has 1 saturated heterocycles. The molecule has 0 saturated carbocycles. The Kier molecular flexibility index (Phi) is 8.26. The maximum absolute atomic E-state index is 8.83. The normalized spacial score (nSPS) is 14.5. The number of ether oxygens (including phenoxy) is 1. The van der Waals surface area contributed by atoms with Gasteiger partial charge in [-0.05, 0) is 69.8 Å². The summed E-state index contributed by atoms with van der Waals surface area (Å²) in [6, 6.07) is 10.9. The van der Waals surface area contributed by atoms with Gasteiger partial charge in [-0.15, -0.1) is 12.4 Å². The summed E-state index contributed by atoms with van der Waals surface area (Å²) in [6.45, 7) is 6.92. The summed E-state index contributed by atoms with van der Waals surface area (Å²) < 4.78 is 5.70. The van der Waals surface area contributed by atoms with Crippen molar-refractivity contribution in [2.45, 2.75) is 39.2 Å². The lowest BCUT2D eigenvalue weighted by Crippen LogP contribution is -2.38. The van der Waals surface area contributed by atoms with Crippen molar-refractivity contribution in [2.24, 2.45) is 5.92 Å². The van der Waals surface area contributed by atoms with Crippen molar-refractivity contribution in [3.8, 4) is 23.1 Å². The van der Waals surface area contributed by atoms with Gasteiger partial charge in [-0.1, -0.05) is 6.07 Å². The molecule has 1 aliphatic rings. The highest BCUT2D eigenvalue weighted by Crippen LogP contribution is 2.33. The van der Waals surface area contributed by atoms with Crippen LogP contribution in [0.5, 0.6) is 5.75 Å². The molecule has 0 radical (unpaired) electrons. The Labute approximate surface area is 200 Å². The summed E-state index contributed by atoms with van der Waals surface area (Å²) >= 11 is 0. The van der Waals surface area contributed by atoms with Gasteiger partial charge in [0.25, 0.3) is 0 Å². The molecule has 174 valence electrons. The fourth-order valence-electron chi connectivity index (χ4n) is 4.20. The zero-order valence-corrected chi connectivity index (χ0v) is 20.0. The van der Waals surface area contributed by atoms with E-state index in [0.717, 1.165) is 29.3 Å². The Hall–Kier alpha value is -3.15. The minimum absolute atomic E-state index is 0. The number of nitriles is 1. The summed E-state index contributed by atoms with van der Waals surface area (Å²) in [5.41, 5.74) is 3.38. The van der Waals surface area contributed by atoms with Crippen LogP contribution in [0.2, 0.25) is 0 Å². The molecule has 0 aliphatic carbocycles. The van der Waals surface area contributed by atoms with E-state index in [1.807, 2.05) is 12.1 Å². The highest BCUT2D eigenvalue weighted by molar-refractivity contribution is 5.85. The van der Waals surface area contributed by atoms with Crippen LogP contribution in [0.25, 0.3) is 11.3 Å². The van der Waals surface area contributed by atoms with Gasteiger partial charge in [-0.3, -0.25) is 5.10 Å². The minimum Gasteiger partial charge on any atom is -0.496 e. The molecular formula is C24H30ClN7O. The highest BCUT2D eigenvalue weighted by atomic mass is 35.5. The van der Waals surface area contributed by atoms with Gasteiger partial charge in [0.15, 0.2) is 11.5 Å². The summed E-state index contributed by atoms with van der Waals surface area (Å²) in [4.78, 5) is 10.7. The van der Waals surface area contributed by atoms with Crippen molar-refractivity contribution in [1.29, 1.82) is 5.26 Å². The van der Waals surface area contributed by atoms with Crippen LogP contribution < -0.4 is 10.1 Å². The number of nitrogens with one attached hydrogen (secondary N) is 2. The van der Waals surface area contributed by atoms with Gasteiger partial charge < -0.3 is 15.0 Å². The van der Waals surface area contributed by atoms with E-state index in [9.17, 15) is 0 Å². The first-order valence-corrected chi connectivity index (χ1v) is 11.0. The third kappa shape index (κ3) is 6.01. The lowest BCUT2D eigenvalue weighted by molar-refractivity contribution is 0.149. The number of hydrogen-bond donors (Lipinski definition) is 2. The second-order valence-electron chi connectivity index (χ2n) is 8.50. The number of aromatic amines is 1. The number of H-pyrrole nitrogens is 1. The number of halogens is 1. The van der Waals surface area contributed by atoms with Gasteiger partial charge in [0.1, 0.15) is 17.6 Å². The average Bonchev–Trinajstić information content (AvgIpc) is 3.28. The standard InChI is InChI=1S/C24H29N7O.ClH/c1-16(2)31-8-6-17(7-9-31)10-18-4-5-20(22(11-18)32-3)21-12-23(30-29-21)28-24-15-26-19(13-25)14-27-24;/h4-5,11-12,14-17H,6-10H2,1-3H3,(H2,27,28,29,30);1H. The summed E-state index contributed by atoms with van der Waals surface area (Å²) in [7, 11) is 1.70. The summed E-state index contributed by atoms with van der Waals surface area (Å²) in [6.07, 6.45) is 6.50. The van der Waals surface area contributed by atoms with Gasteiger partial charge in [0, 0.05) is 17.7 Å². The fraction of sp³-hybridized carbons (Fsp3) is 0.417. The van der Waals surface area contributed by atoms with Gasteiger partial charge in [0.2, 0.25) is 0 Å². The Balaban J connectivity index is 0.00000306. The molecule has 1 aromatic carbocycles. The van der Waals surface area contributed by atoms with E-state index < -0.39 is 0 Å². The first-order chi connectivity index (χ1) is 15.6. The van der Waals surface area contributed by atoms with E-state index >= 15 is 0 Å². The molecule has 0 bridgehead atoms. The predicted molar refractivity (Wildman–Crippen MR) is 131 cm³/mol. The number of hydrogen-bond acceptors (Lipinski definition) is 7. The number of rotatable bonds is 7. The van der Waals surface area contributed by atoms with Crippen molar-refractivity contribution in [2.75, 3.05) is 25.5 Å². The minimum atomic E-state index is 0. The number of aromatic nitrogens is 4. The SMILES string of the molecule is COc1cc(CC2CCN(C(C)C)CC2)ccc1-c1cc(Nc2cnc(C#N)cn2)n[nH]1.Cl. The fourth-order valence-corrected chi connectivity index (χ4v) is 4.20. The van der Waals surface area contributed by atoms with E-state index in [4.69, 9.17) is 10.00 Å². The number of methoxy groups -OCH3 is 1. The molecule has 4 rings (SSSR count). The van der Waals surface area contributed by atoms with Crippen molar-refractivity contribution in [1.82, 2.24) is 25.1 Å². The largest absolute Gasteiger partial charge is 0.496 e. The van der Waals surface area contributed by atoms with Gasteiger partial charge in [-0.2, -0.15) is 10.4 Å². The molecule has 1 fully saturated rings. The van der Waals surface area contributed by atoms with E-state index in [-0.39, 0.29) is 18.1 Å². The number of piperidine rings is 1. The maximum Gasteiger partial charge on any atom is 0.158 e. The molecule has 33 heavy (non-hydrogen) atoms. The lowest BCUT2D eigenvalue weighted by Gasteiger charge is -2.34. The molecule has 2 aromatic heterocycles. The quantitative estimate of drug-likeness (QED) is 0.524. The van der Waals surface area contributed by atoms with Crippen LogP contribution in [0.1, 0.15) is 37.9 Å². The van der Waals surface area contributed by atoms with Crippen LogP contribution in [-0.4, -0.2) is 51.3 Å². The first-order valence-electron chi connectivity index (χ1n) is 11.0. The second-order valence-corrected chi connectivity index (χ2v) is 8.50. The molecular weight excluding hydrogens is 438 g/mol. The molecule has 8 nitrogen and oxygen atoms in total. The van der Waals surface area contributed by atoms with Crippen LogP contribution in [-0.2, 0) is 6.42 Å². The Bertz CT molecular complexity index is 1080. The van der Waals surface area contributed by atoms with Crippen molar-refractivity contribution in [3.05, 3.63) is 47.9 Å². The van der Waals surface area contributed by atoms with E-state index in [1.54, 1.807) is 7.11 Å². The van der Waals surface area contributed by atoms with Gasteiger partial charge in [-0.25, -0.2) is 9.97 Å². The topological polar surface area (TPSA) is 103 Å². The number of anilines is 2. The average molecular weight is 468 g/mol. The van der Waals surface area contributed by atoms with Crippen molar-refractivity contribution < 1.29 is 4.74 Å². The zero-order chi connectivity index (χ0) is 22.5. The lowest BCUT2D eigenvalue weighted by atomic mass is 9.89. The number of nitrogens with zero attached hydrogens (tertiary/aromatic N) is 5. The molecule has 9 heteroatoms. The predicted octanol–water partition coefficient (Wildman–Crippen LogP) is 4.58. The Morgan fingerprint density at radius 2 is 1.97 bits per heavy atom. The van der Waals surface area contributed by atoms with E-state index in [0.29, 0.717) is 17.7 Å². The smallest absolute Gasteiger partial charge is 0.158 e. The molecule has 3 aromatic rings. The third-order valence-electron chi connectivity index (χ3n) is 6.06. The van der Waals surface area contributed by atoms with Gasteiger partial charge in [0.05, 0.1) is 25.2 Å². The molecule has 0 unspecified atom stereocenters. The van der Waals surface area contributed by atoms with E-state index in [2.05, 4.69) is 62.4 Å². The van der Waals surface area contributed by atoms with Crippen molar-refractivity contribution >= 4 is 24.0 Å². The molecule has 0 atom stereocenters. The van der Waals surface area contributed by atoms with E-state index in [1.165, 1.54) is 43.9 Å². The molecule has 1 aliphatic heterocycles. The third-order valence-corrected chi connectivity index (χ3v) is 6.06. The van der Waals surface area contributed by atoms with Gasteiger partial charge >= 0.3 is 0 Å². The first kappa shape index (κ1) is 24.5. The molecule has 0 spiro atoms.